The molecule has 188 valence electrons. The summed E-state index contributed by atoms with van der Waals surface area (Å²) in [5.74, 6) is -0.923. The monoisotopic (exact) mass is 515 g/mol. The van der Waals surface area contributed by atoms with Gasteiger partial charge < -0.3 is 4.74 Å². The Labute approximate surface area is 197 Å². The summed E-state index contributed by atoms with van der Waals surface area (Å²) in [4.78, 5) is 16.7. The Morgan fingerprint density at radius 3 is 2.39 bits per heavy atom. The highest BCUT2D eigenvalue weighted by molar-refractivity contribution is 7.91. The number of hydrogen-bond donors (Lipinski definition) is 2. The van der Waals surface area contributed by atoms with Crippen molar-refractivity contribution < 1.29 is 36.3 Å². The van der Waals surface area contributed by atoms with Gasteiger partial charge in [-0.3, -0.25) is 15.0 Å². The maximum absolute atomic E-state index is 13.3. The fraction of sp³-hybridized carbons (Fsp3) is 0.700. The quantitative estimate of drug-likeness (QED) is 0.427. The van der Waals surface area contributed by atoms with Gasteiger partial charge in [0.1, 0.15) is 0 Å². The van der Waals surface area contributed by atoms with Crippen LogP contribution >= 0.6 is 12.4 Å². The molecule has 33 heavy (non-hydrogen) atoms. The zero-order chi connectivity index (χ0) is 23.4. The van der Waals surface area contributed by atoms with Gasteiger partial charge in [-0.05, 0) is 37.3 Å². The second-order valence-electron chi connectivity index (χ2n) is 8.29. The third-order valence-electron chi connectivity index (χ3n) is 6.30. The predicted octanol–water partition coefficient (Wildman–Crippen LogP) is 2.95. The highest BCUT2D eigenvalue weighted by atomic mass is 35.5. The second-order valence-corrected chi connectivity index (χ2v) is 10.5. The molecule has 0 saturated carbocycles. The average Bonchev–Trinajstić information content (AvgIpc) is 2.78. The van der Waals surface area contributed by atoms with Crippen LogP contribution in [0.1, 0.15) is 55.7 Å². The van der Waals surface area contributed by atoms with E-state index in [0.29, 0.717) is 19.3 Å². The van der Waals surface area contributed by atoms with Gasteiger partial charge in [-0.15, -0.1) is 12.4 Å². The molecule has 2 fully saturated rings. The van der Waals surface area contributed by atoms with Gasteiger partial charge in [0.05, 0.1) is 0 Å². The lowest BCUT2D eigenvalue weighted by atomic mass is 9.93. The number of piperidine rings is 1. The molecule has 0 atom stereocenters. The van der Waals surface area contributed by atoms with Crippen LogP contribution in [-0.4, -0.2) is 66.0 Å². The maximum atomic E-state index is 13.3. The number of nitrogens with one attached hydrogen (secondary N) is 1. The molecule has 8 nitrogen and oxygen atoms in total. The molecule has 2 aliphatic rings. The molecule has 2 N–H and O–H groups in total. The molecule has 3 heterocycles. The number of hydrogen-bond acceptors (Lipinski definition) is 6. The van der Waals surface area contributed by atoms with Gasteiger partial charge in [0.25, 0.3) is 5.91 Å². The molecule has 13 heteroatoms. The molecule has 0 aromatic carbocycles. The van der Waals surface area contributed by atoms with E-state index in [0.717, 1.165) is 11.3 Å². The fourth-order valence-electron chi connectivity index (χ4n) is 4.36. The molecular formula is C20H29ClF3N3O5S. The molecule has 1 aromatic heterocycles. The molecule has 0 bridgehead atoms. The number of halogens is 4. The first-order valence-electron chi connectivity index (χ1n) is 10.6. The number of nitrogens with zero attached hydrogens (tertiary/aromatic N) is 2. The SMILES string of the molecule is Cl.O=C(NO)C1(S(=O)(=O)N2CCC(c3ccc(CCCC(F)(F)F)cn3)CC2)CCOCC1. The topological polar surface area (TPSA) is 109 Å². The molecule has 0 aliphatic carbocycles. The van der Waals surface area contributed by atoms with E-state index in [4.69, 9.17) is 9.94 Å². The van der Waals surface area contributed by atoms with Crippen LogP contribution in [-0.2, 0) is 26.0 Å². The number of aryl methyl sites for hydroxylation is 1. The molecule has 2 aliphatic heterocycles. The summed E-state index contributed by atoms with van der Waals surface area (Å²) in [7, 11) is -4.02. The molecule has 2 saturated heterocycles. The van der Waals surface area contributed by atoms with Crippen LogP contribution in [0.4, 0.5) is 13.2 Å². The van der Waals surface area contributed by atoms with E-state index in [1.165, 1.54) is 9.79 Å². The number of sulfonamides is 1. The number of carbonyl (C=O) groups is 1. The third-order valence-corrected chi connectivity index (χ3v) is 8.92. The molecular weight excluding hydrogens is 487 g/mol. The van der Waals surface area contributed by atoms with Gasteiger partial charge in [-0.25, -0.2) is 18.2 Å². The summed E-state index contributed by atoms with van der Waals surface area (Å²) < 4.78 is 68.3. The maximum Gasteiger partial charge on any atom is 0.389 e. The molecule has 0 unspecified atom stereocenters. The summed E-state index contributed by atoms with van der Waals surface area (Å²) >= 11 is 0. The third kappa shape index (κ3) is 6.36. The van der Waals surface area contributed by atoms with Gasteiger partial charge >= 0.3 is 6.18 Å². The number of rotatable bonds is 7. The zero-order valence-corrected chi connectivity index (χ0v) is 19.6. The summed E-state index contributed by atoms with van der Waals surface area (Å²) in [5.41, 5.74) is 3.02. The summed E-state index contributed by atoms with van der Waals surface area (Å²) in [6.45, 7) is 0.650. The number of aromatic nitrogens is 1. The van der Waals surface area contributed by atoms with Crippen LogP contribution < -0.4 is 5.48 Å². The Morgan fingerprint density at radius 2 is 1.88 bits per heavy atom. The van der Waals surface area contributed by atoms with E-state index in [-0.39, 0.29) is 63.9 Å². The first kappa shape index (κ1) is 27.8. The van der Waals surface area contributed by atoms with Crippen LogP contribution in [0.2, 0.25) is 0 Å². The van der Waals surface area contributed by atoms with Crippen molar-refractivity contribution in [3.63, 3.8) is 0 Å². The average molecular weight is 516 g/mol. The first-order valence-corrected chi connectivity index (χ1v) is 12.1. The first-order chi connectivity index (χ1) is 15.1. The number of amides is 1. The minimum absolute atomic E-state index is 0. The van der Waals surface area contributed by atoms with E-state index in [2.05, 4.69) is 4.98 Å². The number of pyridine rings is 1. The number of ether oxygens (including phenoxy) is 1. The van der Waals surface area contributed by atoms with Gasteiger partial charge in [-0.1, -0.05) is 6.07 Å². The minimum Gasteiger partial charge on any atom is -0.381 e. The van der Waals surface area contributed by atoms with Crippen LogP contribution in [0.15, 0.2) is 18.3 Å². The minimum atomic E-state index is -4.16. The lowest BCUT2D eigenvalue weighted by molar-refractivity contribution is -0.135. The van der Waals surface area contributed by atoms with Crippen LogP contribution in [0.25, 0.3) is 0 Å². The summed E-state index contributed by atoms with van der Waals surface area (Å²) in [5, 5.41) is 9.13. The summed E-state index contributed by atoms with van der Waals surface area (Å²) in [6.07, 6.45) is -2.15. The standard InChI is InChI=1S/C20H28F3N3O5S.ClH/c21-20(22,23)7-1-2-15-3-4-17(24-14-15)16-5-10-26(11-6-16)32(29,30)19(18(27)25-28)8-12-31-13-9-19;/h3-4,14,16,28H,1-2,5-13H2,(H,25,27);1H. The molecule has 0 spiro atoms. The Hall–Kier alpha value is -1.47. The number of alkyl halides is 3. The highest BCUT2D eigenvalue weighted by Gasteiger charge is 2.54. The molecule has 1 amide bonds. The van der Waals surface area contributed by atoms with Crippen molar-refractivity contribution in [2.75, 3.05) is 26.3 Å². The Balaban J connectivity index is 0.00000385. The number of hydroxylamine groups is 1. The molecule has 1 aromatic rings. The van der Waals surface area contributed by atoms with Gasteiger partial charge in [0, 0.05) is 63.4 Å². The summed E-state index contributed by atoms with van der Waals surface area (Å²) in [6, 6.07) is 3.56. The normalized spacial score (nSPS) is 20.1. The lowest BCUT2D eigenvalue weighted by Gasteiger charge is -2.40. The van der Waals surface area contributed by atoms with E-state index in [9.17, 15) is 26.4 Å². The molecule has 3 rings (SSSR count). The second kappa shape index (κ2) is 11.3. The van der Waals surface area contributed by atoms with E-state index >= 15 is 0 Å². The lowest BCUT2D eigenvalue weighted by Crippen LogP contribution is -2.60. The van der Waals surface area contributed by atoms with Crippen molar-refractivity contribution in [3.8, 4) is 0 Å². The van der Waals surface area contributed by atoms with Crippen LogP contribution in [0.3, 0.4) is 0 Å². The Bertz CT molecular complexity index is 885. The van der Waals surface area contributed by atoms with E-state index in [1.807, 2.05) is 0 Å². The van der Waals surface area contributed by atoms with Gasteiger partial charge in [-0.2, -0.15) is 13.2 Å². The van der Waals surface area contributed by atoms with Crippen molar-refractivity contribution in [1.82, 2.24) is 14.8 Å². The van der Waals surface area contributed by atoms with Crippen LogP contribution in [0.5, 0.6) is 0 Å². The van der Waals surface area contributed by atoms with Gasteiger partial charge in [0.2, 0.25) is 10.0 Å². The number of carbonyl (C=O) groups excluding carboxylic acids is 1. The Kier molecular flexibility index (Phi) is 9.51. The van der Waals surface area contributed by atoms with Gasteiger partial charge in [0.15, 0.2) is 4.75 Å². The van der Waals surface area contributed by atoms with Crippen molar-refractivity contribution in [2.45, 2.75) is 61.8 Å². The largest absolute Gasteiger partial charge is 0.389 e. The predicted molar refractivity (Wildman–Crippen MR) is 116 cm³/mol. The molecule has 0 radical (unpaired) electrons. The fourth-order valence-corrected chi connectivity index (χ4v) is 6.51. The van der Waals surface area contributed by atoms with Crippen molar-refractivity contribution in [2.24, 2.45) is 0 Å². The van der Waals surface area contributed by atoms with E-state index in [1.54, 1.807) is 18.3 Å². The zero-order valence-electron chi connectivity index (χ0n) is 18.0. The van der Waals surface area contributed by atoms with Crippen molar-refractivity contribution in [3.05, 3.63) is 29.6 Å². The smallest absolute Gasteiger partial charge is 0.381 e. The van der Waals surface area contributed by atoms with Crippen LogP contribution in [0, 0.1) is 0 Å². The highest BCUT2D eigenvalue weighted by Crippen LogP contribution is 2.36. The Morgan fingerprint density at radius 1 is 1.24 bits per heavy atom. The van der Waals surface area contributed by atoms with E-state index < -0.39 is 33.3 Å². The van der Waals surface area contributed by atoms with Crippen molar-refractivity contribution in [1.29, 1.82) is 0 Å². The van der Waals surface area contributed by atoms with Crippen molar-refractivity contribution >= 4 is 28.3 Å².